The summed E-state index contributed by atoms with van der Waals surface area (Å²) < 4.78 is 18.5. The lowest BCUT2D eigenvalue weighted by Crippen LogP contribution is -2.35. The molecular formula is C38H45ClN4O7. The van der Waals surface area contributed by atoms with Gasteiger partial charge in [0.15, 0.2) is 0 Å². The van der Waals surface area contributed by atoms with Gasteiger partial charge in [0.2, 0.25) is 0 Å². The zero-order chi connectivity index (χ0) is 35.9. The van der Waals surface area contributed by atoms with Crippen molar-refractivity contribution < 1.29 is 34.6 Å². The standard InChI is InChI=1S/C38H45ClN4O7/c1-25-29(6-3-7-33(25)34-8-4-9-36(26(34)2)48-11-5-10-41-19-32(47)22-46)24-50-38-14-37(49-23-28-12-27(15-40)16-42-17-28)30(13-35(38)39)18-43-31(20-44)21-45/h3-4,6-9,12-14,16-17,31-32,41,43-47H,5,10-11,18-24H2,1-2H3/t32-/m0/s1. The molecule has 0 radical (unpaired) electrons. The molecule has 266 valence electrons. The van der Waals surface area contributed by atoms with Gasteiger partial charge in [-0.05, 0) is 72.8 Å². The van der Waals surface area contributed by atoms with Gasteiger partial charge >= 0.3 is 0 Å². The Morgan fingerprint density at radius 2 is 1.58 bits per heavy atom. The predicted molar refractivity (Wildman–Crippen MR) is 191 cm³/mol. The summed E-state index contributed by atoms with van der Waals surface area (Å²) >= 11 is 6.71. The van der Waals surface area contributed by atoms with Gasteiger partial charge in [-0.1, -0.05) is 41.9 Å². The van der Waals surface area contributed by atoms with Gasteiger partial charge in [-0.15, -0.1) is 0 Å². The van der Waals surface area contributed by atoms with E-state index < -0.39 is 12.1 Å². The summed E-state index contributed by atoms with van der Waals surface area (Å²) in [6, 6.07) is 18.8. The minimum Gasteiger partial charge on any atom is -0.493 e. The van der Waals surface area contributed by atoms with Crippen LogP contribution in [0.3, 0.4) is 0 Å². The molecule has 0 amide bonds. The molecule has 0 bridgehead atoms. The van der Waals surface area contributed by atoms with Crippen LogP contribution >= 0.6 is 11.6 Å². The minimum atomic E-state index is -0.766. The molecule has 1 heterocycles. The highest BCUT2D eigenvalue weighted by Gasteiger charge is 2.16. The molecule has 6 N–H and O–H groups in total. The molecular weight excluding hydrogens is 660 g/mol. The van der Waals surface area contributed by atoms with E-state index in [4.69, 9.17) is 30.9 Å². The highest BCUT2D eigenvalue weighted by atomic mass is 35.5. The van der Waals surface area contributed by atoms with Crippen LogP contribution in [0.15, 0.2) is 67.0 Å². The molecule has 0 saturated carbocycles. The molecule has 11 nitrogen and oxygen atoms in total. The van der Waals surface area contributed by atoms with Gasteiger partial charge in [0.1, 0.15) is 36.5 Å². The van der Waals surface area contributed by atoms with E-state index >= 15 is 0 Å². The van der Waals surface area contributed by atoms with Crippen LogP contribution in [-0.4, -0.2) is 77.1 Å². The Labute approximate surface area is 298 Å². The van der Waals surface area contributed by atoms with E-state index in [2.05, 4.69) is 40.7 Å². The fraction of sp³-hybridized carbons (Fsp3) is 0.368. The van der Waals surface area contributed by atoms with Crippen LogP contribution in [0.25, 0.3) is 11.1 Å². The van der Waals surface area contributed by atoms with Crippen molar-refractivity contribution in [1.82, 2.24) is 15.6 Å². The monoisotopic (exact) mass is 704 g/mol. The number of nitrogens with one attached hydrogen (secondary N) is 2. The summed E-state index contributed by atoms with van der Waals surface area (Å²) in [6.45, 7) is 5.52. The third-order valence-electron chi connectivity index (χ3n) is 8.20. The maximum atomic E-state index is 9.52. The third-order valence-corrected chi connectivity index (χ3v) is 8.50. The molecule has 1 aromatic heterocycles. The number of aromatic nitrogens is 1. The van der Waals surface area contributed by atoms with Crippen molar-refractivity contribution in [2.75, 3.05) is 39.5 Å². The highest BCUT2D eigenvalue weighted by molar-refractivity contribution is 6.32. The Hall–Kier alpha value is -4.25. The van der Waals surface area contributed by atoms with Gasteiger partial charge in [0.25, 0.3) is 0 Å². The number of rotatable bonds is 20. The molecule has 12 heteroatoms. The summed E-state index contributed by atoms with van der Waals surface area (Å²) in [5.74, 6) is 1.71. The maximum absolute atomic E-state index is 9.52. The molecule has 4 aromatic rings. The van der Waals surface area contributed by atoms with Gasteiger partial charge in [-0.3, -0.25) is 4.98 Å². The molecule has 0 fully saturated rings. The first kappa shape index (κ1) is 38.6. The fourth-order valence-corrected chi connectivity index (χ4v) is 5.49. The quantitative estimate of drug-likeness (QED) is 0.0729. The van der Waals surface area contributed by atoms with Gasteiger partial charge < -0.3 is 45.3 Å². The predicted octanol–water partition coefficient (Wildman–Crippen LogP) is 4.20. The van der Waals surface area contributed by atoms with Gasteiger partial charge in [0, 0.05) is 42.7 Å². The number of hydrogen-bond donors (Lipinski definition) is 6. The number of benzene rings is 3. The number of nitriles is 1. The topological polar surface area (TPSA) is 169 Å². The number of pyridine rings is 1. The molecule has 4 rings (SSSR count). The van der Waals surface area contributed by atoms with Gasteiger partial charge in [0.05, 0.1) is 49.2 Å². The van der Waals surface area contributed by atoms with Crippen molar-refractivity contribution in [2.45, 2.75) is 52.2 Å². The second kappa shape index (κ2) is 19.8. The van der Waals surface area contributed by atoms with Crippen molar-refractivity contribution in [3.63, 3.8) is 0 Å². The Morgan fingerprint density at radius 3 is 2.32 bits per heavy atom. The second-order valence-corrected chi connectivity index (χ2v) is 12.3. The molecule has 3 aromatic carbocycles. The second-order valence-electron chi connectivity index (χ2n) is 11.9. The summed E-state index contributed by atoms with van der Waals surface area (Å²) in [6.07, 6.45) is 3.10. The number of aliphatic hydroxyl groups is 4. The first-order valence-electron chi connectivity index (χ1n) is 16.5. The Morgan fingerprint density at radius 1 is 0.840 bits per heavy atom. The summed E-state index contributed by atoms with van der Waals surface area (Å²) in [7, 11) is 0. The van der Waals surface area contributed by atoms with E-state index in [0.717, 1.165) is 40.0 Å². The van der Waals surface area contributed by atoms with Crippen LogP contribution in [-0.2, 0) is 19.8 Å². The van der Waals surface area contributed by atoms with E-state index in [1.165, 1.54) is 6.20 Å². The molecule has 0 unspecified atom stereocenters. The third kappa shape index (κ3) is 10.9. The van der Waals surface area contributed by atoms with Crippen LogP contribution in [0.2, 0.25) is 5.02 Å². The lowest BCUT2D eigenvalue weighted by atomic mass is 9.93. The average Bonchev–Trinajstić information content (AvgIpc) is 3.13. The van der Waals surface area contributed by atoms with Crippen molar-refractivity contribution >= 4 is 11.6 Å². The van der Waals surface area contributed by atoms with Crippen LogP contribution in [0, 0.1) is 25.2 Å². The van der Waals surface area contributed by atoms with Crippen LogP contribution in [0.1, 0.15) is 39.8 Å². The molecule has 1 atom stereocenters. The minimum absolute atomic E-state index is 0.148. The van der Waals surface area contributed by atoms with Gasteiger partial charge in [-0.25, -0.2) is 0 Å². The molecule has 0 aliphatic carbocycles. The smallest absolute Gasteiger partial charge is 0.142 e. The van der Waals surface area contributed by atoms with Crippen LogP contribution in [0.5, 0.6) is 17.2 Å². The summed E-state index contributed by atoms with van der Waals surface area (Å²) in [5, 5.41) is 53.3. The lowest BCUT2D eigenvalue weighted by Gasteiger charge is -2.19. The van der Waals surface area contributed by atoms with E-state index in [0.29, 0.717) is 52.9 Å². The van der Waals surface area contributed by atoms with E-state index in [9.17, 15) is 20.6 Å². The lowest BCUT2D eigenvalue weighted by molar-refractivity contribution is 0.0942. The number of halogens is 1. The number of aliphatic hydroxyl groups excluding tert-OH is 4. The summed E-state index contributed by atoms with van der Waals surface area (Å²) in [4.78, 5) is 4.10. The Kier molecular flexibility index (Phi) is 15.3. The Balaban J connectivity index is 1.49. The molecule has 0 spiro atoms. The van der Waals surface area contributed by atoms with Crippen molar-refractivity contribution in [2.24, 2.45) is 0 Å². The summed E-state index contributed by atoms with van der Waals surface area (Å²) in [5.41, 5.74) is 7.00. The van der Waals surface area contributed by atoms with Crippen molar-refractivity contribution in [3.8, 4) is 34.4 Å². The zero-order valence-corrected chi connectivity index (χ0v) is 29.1. The molecule has 0 saturated heterocycles. The largest absolute Gasteiger partial charge is 0.493 e. The van der Waals surface area contributed by atoms with E-state index in [1.54, 1.807) is 24.4 Å². The van der Waals surface area contributed by atoms with Crippen molar-refractivity contribution in [1.29, 1.82) is 5.26 Å². The number of hydrogen-bond acceptors (Lipinski definition) is 11. The normalized spacial score (nSPS) is 11.7. The average molecular weight is 705 g/mol. The van der Waals surface area contributed by atoms with E-state index in [-0.39, 0.29) is 39.6 Å². The highest BCUT2D eigenvalue weighted by Crippen LogP contribution is 2.36. The van der Waals surface area contributed by atoms with E-state index in [1.807, 2.05) is 31.2 Å². The first-order chi connectivity index (χ1) is 24.3. The van der Waals surface area contributed by atoms with Crippen molar-refractivity contribution in [3.05, 3.63) is 105 Å². The SMILES string of the molecule is Cc1c(COc2cc(OCc3cncc(C#N)c3)c(CNC(CO)CO)cc2Cl)cccc1-c1cccc(OCCCNC[C@H](O)CO)c1C. The number of nitrogens with zero attached hydrogens (tertiary/aromatic N) is 2. The zero-order valence-electron chi connectivity index (χ0n) is 28.4. The van der Waals surface area contributed by atoms with Crippen LogP contribution in [0.4, 0.5) is 0 Å². The van der Waals surface area contributed by atoms with Crippen LogP contribution < -0.4 is 24.8 Å². The first-order valence-corrected chi connectivity index (χ1v) is 16.8. The Bertz CT molecular complexity index is 1730. The number of ether oxygens (including phenoxy) is 3. The fourth-order valence-electron chi connectivity index (χ4n) is 5.25. The molecule has 0 aliphatic heterocycles. The maximum Gasteiger partial charge on any atom is 0.142 e. The molecule has 0 aliphatic rings. The molecule has 50 heavy (non-hydrogen) atoms. The van der Waals surface area contributed by atoms with Gasteiger partial charge in [-0.2, -0.15) is 5.26 Å².